The number of piperazine rings is 1. The van der Waals surface area contributed by atoms with E-state index in [0.29, 0.717) is 18.1 Å². The summed E-state index contributed by atoms with van der Waals surface area (Å²) in [6.07, 6.45) is 13.5. The van der Waals surface area contributed by atoms with E-state index in [-0.39, 0.29) is 24.8 Å². The van der Waals surface area contributed by atoms with Crippen molar-refractivity contribution in [3.63, 3.8) is 0 Å². The first-order valence-corrected chi connectivity index (χ1v) is 13.4. The Balaban J connectivity index is 1.41. The zero-order valence-electron chi connectivity index (χ0n) is 22.0. The highest BCUT2D eigenvalue weighted by Crippen LogP contribution is 2.26. The fourth-order valence-corrected chi connectivity index (χ4v) is 4.85. The number of hydrogen-bond donors (Lipinski definition) is 1. The Bertz CT molecular complexity index is 888. The molecule has 1 heterocycles. The number of amides is 1. The van der Waals surface area contributed by atoms with Gasteiger partial charge in [-0.2, -0.15) is 0 Å². The predicted molar refractivity (Wildman–Crippen MR) is 145 cm³/mol. The van der Waals surface area contributed by atoms with Crippen LogP contribution in [0.25, 0.3) is 0 Å². The molecule has 1 aliphatic heterocycles. The van der Waals surface area contributed by atoms with Crippen molar-refractivity contribution in [3.05, 3.63) is 48.0 Å². The molecule has 0 spiro atoms. The molecule has 1 aromatic carbocycles. The lowest BCUT2D eigenvalue weighted by Gasteiger charge is -2.36. The van der Waals surface area contributed by atoms with E-state index in [4.69, 9.17) is 0 Å². The molecular formula is C28H43FN6O. The first-order chi connectivity index (χ1) is 17.6. The second-order valence-corrected chi connectivity index (χ2v) is 9.73. The number of carbonyl (C=O) groups is 1. The van der Waals surface area contributed by atoms with E-state index in [0.717, 1.165) is 38.6 Å². The molecule has 2 fully saturated rings. The third-order valence-corrected chi connectivity index (χ3v) is 7.20. The van der Waals surface area contributed by atoms with Crippen molar-refractivity contribution in [2.45, 2.75) is 58.9 Å². The van der Waals surface area contributed by atoms with E-state index in [2.05, 4.69) is 20.2 Å². The minimum absolute atomic E-state index is 0.124. The quantitative estimate of drug-likeness (QED) is 0.281. The summed E-state index contributed by atoms with van der Waals surface area (Å²) < 4.78 is 13.9. The smallest absolute Gasteiger partial charge is 0.236 e. The van der Waals surface area contributed by atoms with Gasteiger partial charge in [-0.3, -0.25) is 25.0 Å². The molecular weight excluding hydrogens is 455 g/mol. The third kappa shape index (κ3) is 9.47. The summed E-state index contributed by atoms with van der Waals surface area (Å²) in [4.78, 5) is 27.8. The summed E-state index contributed by atoms with van der Waals surface area (Å²) in [5.41, 5.74) is 0.549. The van der Waals surface area contributed by atoms with Crippen LogP contribution in [0.4, 0.5) is 4.39 Å². The molecule has 0 unspecified atom stereocenters. The van der Waals surface area contributed by atoms with Gasteiger partial charge in [-0.15, -0.1) is 0 Å². The number of halogens is 1. The van der Waals surface area contributed by atoms with E-state index in [1.807, 2.05) is 29.8 Å². The number of rotatable bonds is 11. The van der Waals surface area contributed by atoms with E-state index < -0.39 is 0 Å². The Morgan fingerprint density at radius 2 is 1.92 bits per heavy atom. The molecule has 2 aliphatic rings. The molecule has 0 bridgehead atoms. The molecule has 3 rings (SSSR count). The molecule has 1 saturated carbocycles. The van der Waals surface area contributed by atoms with Crippen LogP contribution in [-0.4, -0.2) is 78.6 Å². The second kappa shape index (κ2) is 15.5. The fourth-order valence-electron chi connectivity index (χ4n) is 4.85. The van der Waals surface area contributed by atoms with Crippen molar-refractivity contribution in [1.29, 1.82) is 0 Å². The van der Waals surface area contributed by atoms with Crippen molar-refractivity contribution < 1.29 is 9.18 Å². The summed E-state index contributed by atoms with van der Waals surface area (Å²) in [5, 5.41) is 3.24. The van der Waals surface area contributed by atoms with Crippen LogP contribution in [0, 0.1) is 11.7 Å². The number of nitrogens with one attached hydrogen (secondary N) is 1. The molecule has 36 heavy (non-hydrogen) atoms. The van der Waals surface area contributed by atoms with Crippen molar-refractivity contribution in [3.8, 4) is 0 Å². The maximum Gasteiger partial charge on any atom is 0.236 e. The van der Waals surface area contributed by atoms with E-state index in [9.17, 15) is 9.18 Å². The molecule has 1 amide bonds. The van der Waals surface area contributed by atoms with Gasteiger partial charge in [0.05, 0.1) is 19.8 Å². The highest BCUT2D eigenvalue weighted by Gasteiger charge is 2.22. The highest BCUT2D eigenvalue weighted by atomic mass is 19.1. The molecule has 1 aromatic rings. The van der Waals surface area contributed by atoms with Crippen molar-refractivity contribution in [2.24, 2.45) is 15.9 Å². The predicted octanol–water partition coefficient (Wildman–Crippen LogP) is 4.27. The first-order valence-electron chi connectivity index (χ1n) is 13.4. The molecule has 0 atom stereocenters. The Hall–Kier alpha value is -2.58. The standard InChI is InChI=1S/C28H43FN6O/c1-3-30-14-16-35(24(2)32-21-26-11-7-8-12-27(26)29)23-31-22-28(36)34-19-17-33(18-20-34)15-13-25-9-5-4-6-10-25/h3,7-8,11-12,14,16,25,31H,4-6,9-10,13,15,17-23H2,1-2H3/b16-14-,30-3?,32-24?. The van der Waals surface area contributed by atoms with Crippen LogP contribution in [0.15, 0.2) is 46.7 Å². The molecule has 1 saturated heterocycles. The number of hydrogen-bond acceptors (Lipinski definition) is 5. The number of carbonyl (C=O) groups excluding carboxylic acids is 1. The summed E-state index contributed by atoms with van der Waals surface area (Å²) in [6, 6.07) is 6.66. The van der Waals surface area contributed by atoms with Gasteiger partial charge in [0.2, 0.25) is 5.91 Å². The van der Waals surface area contributed by atoms with Gasteiger partial charge in [-0.05, 0) is 38.8 Å². The molecule has 0 radical (unpaired) electrons. The Morgan fingerprint density at radius 3 is 2.64 bits per heavy atom. The van der Waals surface area contributed by atoms with E-state index in [1.54, 1.807) is 30.6 Å². The van der Waals surface area contributed by atoms with E-state index >= 15 is 0 Å². The molecule has 1 N–H and O–H groups in total. The first kappa shape index (κ1) is 28.0. The second-order valence-electron chi connectivity index (χ2n) is 9.73. The maximum absolute atomic E-state index is 13.9. The lowest BCUT2D eigenvalue weighted by Crippen LogP contribution is -2.51. The Morgan fingerprint density at radius 1 is 1.17 bits per heavy atom. The van der Waals surface area contributed by atoms with Gasteiger partial charge in [0.15, 0.2) is 0 Å². The number of aliphatic imine (C=N–C) groups is 2. The van der Waals surface area contributed by atoms with Gasteiger partial charge in [0.25, 0.3) is 0 Å². The van der Waals surface area contributed by atoms with Crippen molar-refractivity contribution in [1.82, 2.24) is 20.0 Å². The van der Waals surface area contributed by atoms with Gasteiger partial charge in [-0.25, -0.2) is 4.39 Å². The SMILES string of the molecule is CC=N/C=C\N(CNCC(=O)N1CCN(CCC2CCCCC2)CC1)C(C)=NCc1ccccc1F. The van der Waals surface area contributed by atoms with Gasteiger partial charge in [-0.1, -0.05) is 50.3 Å². The van der Waals surface area contributed by atoms with Crippen molar-refractivity contribution >= 4 is 18.0 Å². The van der Waals surface area contributed by atoms with Gasteiger partial charge in [0.1, 0.15) is 11.7 Å². The molecule has 8 heteroatoms. The molecule has 1 aliphatic carbocycles. The minimum Gasteiger partial charge on any atom is -0.339 e. The Kier molecular flexibility index (Phi) is 12.1. The molecule has 0 aromatic heterocycles. The summed E-state index contributed by atoms with van der Waals surface area (Å²) in [6.45, 7) is 9.33. The zero-order valence-corrected chi connectivity index (χ0v) is 22.0. The molecule has 198 valence electrons. The topological polar surface area (TPSA) is 63.5 Å². The lowest BCUT2D eigenvalue weighted by atomic mass is 9.87. The van der Waals surface area contributed by atoms with Gasteiger partial charge in [0, 0.05) is 50.4 Å². The average Bonchev–Trinajstić information content (AvgIpc) is 2.91. The summed E-state index contributed by atoms with van der Waals surface area (Å²) in [7, 11) is 0. The largest absolute Gasteiger partial charge is 0.339 e. The monoisotopic (exact) mass is 498 g/mol. The fraction of sp³-hybridized carbons (Fsp3) is 0.607. The van der Waals surface area contributed by atoms with Crippen LogP contribution < -0.4 is 5.32 Å². The van der Waals surface area contributed by atoms with E-state index in [1.165, 1.54) is 44.6 Å². The minimum atomic E-state index is -0.260. The Labute approximate surface area is 216 Å². The van der Waals surface area contributed by atoms with Crippen molar-refractivity contribution in [2.75, 3.05) is 45.9 Å². The lowest BCUT2D eigenvalue weighted by molar-refractivity contribution is -0.132. The zero-order chi connectivity index (χ0) is 25.6. The van der Waals surface area contributed by atoms with Gasteiger partial charge < -0.3 is 9.80 Å². The normalized spacial score (nSPS) is 18.4. The average molecular weight is 499 g/mol. The highest BCUT2D eigenvalue weighted by molar-refractivity contribution is 5.81. The van der Waals surface area contributed by atoms with Crippen LogP contribution in [0.2, 0.25) is 0 Å². The number of amidine groups is 1. The van der Waals surface area contributed by atoms with Crippen LogP contribution >= 0.6 is 0 Å². The summed E-state index contributed by atoms with van der Waals surface area (Å²) in [5.74, 6) is 1.48. The third-order valence-electron chi connectivity index (χ3n) is 7.20. The van der Waals surface area contributed by atoms with Crippen LogP contribution in [0.1, 0.15) is 57.9 Å². The molecule has 7 nitrogen and oxygen atoms in total. The number of benzene rings is 1. The number of nitrogens with zero attached hydrogens (tertiary/aromatic N) is 5. The van der Waals surface area contributed by atoms with Gasteiger partial charge >= 0.3 is 0 Å². The maximum atomic E-state index is 13.9. The van der Waals surface area contributed by atoms with Crippen LogP contribution in [0.5, 0.6) is 0 Å². The summed E-state index contributed by atoms with van der Waals surface area (Å²) >= 11 is 0. The van der Waals surface area contributed by atoms with Crippen LogP contribution in [-0.2, 0) is 11.3 Å². The van der Waals surface area contributed by atoms with Crippen LogP contribution in [0.3, 0.4) is 0 Å².